The van der Waals surface area contributed by atoms with Crippen molar-refractivity contribution >= 4 is 9.84 Å². The van der Waals surface area contributed by atoms with E-state index in [0.717, 1.165) is 38.5 Å². The van der Waals surface area contributed by atoms with Gasteiger partial charge in [-0.25, -0.2) is 8.42 Å². The molecule has 3 aliphatic rings. The van der Waals surface area contributed by atoms with E-state index in [1.54, 1.807) is 0 Å². The van der Waals surface area contributed by atoms with Crippen molar-refractivity contribution in [3.8, 4) is 0 Å². The molecule has 2 heterocycles. The van der Waals surface area contributed by atoms with Crippen LogP contribution in [0.5, 0.6) is 0 Å². The average Bonchev–Trinajstić information content (AvgIpc) is 2.85. The Morgan fingerprint density at radius 2 is 1.85 bits per heavy atom. The first-order valence-corrected chi connectivity index (χ1v) is 9.78. The van der Waals surface area contributed by atoms with Crippen LogP contribution < -0.4 is 0 Å². The second kappa shape index (κ2) is 5.58. The second-order valence-electron chi connectivity index (χ2n) is 6.88. The average molecular weight is 302 g/mol. The Hall–Kier alpha value is -0.130. The normalized spacial score (nSPS) is 37.9. The molecule has 1 spiro atoms. The maximum absolute atomic E-state index is 12.2. The van der Waals surface area contributed by atoms with Crippen LogP contribution in [0.3, 0.4) is 0 Å². The number of hydrogen-bond acceptors (Lipinski definition) is 4. The molecule has 0 aromatic rings. The minimum atomic E-state index is -3.10. The van der Waals surface area contributed by atoms with Gasteiger partial charge in [-0.1, -0.05) is 19.3 Å². The number of hydrogen-bond donors (Lipinski definition) is 1. The van der Waals surface area contributed by atoms with Gasteiger partial charge >= 0.3 is 0 Å². The molecule has 0 radical (unpaired) electrons. The lowest BCUT2D eigenvalue weighted by Crippen LogP contribution is -2.48. The molecule has 116 valence electrons. The molecule has 3 unspecified atom stereocenters. The van der Waals surface area contributed by atoms with Gasteiger partial charge in [0.25, 0.3) is 0 Å². The van der Waals surface area contributed by atoms with Crippen LogP contribution in [-0.2, 0) is 14.6 Å². The standard InChI is InChI=1S/C15H26O4S/c16-14(13-5-1-4-10-20(13,17)18)12-6-9-19-15(11-12)7-2-3-8-15/h12-14,16H,1-11H2. The predicted octanol–water partition coefficient (Wildman–Crippen LogP) is 2.05. The van der Waals surface area contributed by atoms with E-state index in [4.69, 9.17) is 4.74 Å². The van der Waals surface area contributed by atoms with E-state index in [1.165, 1.54) is 12.8 Å². The summed E-state index contributed by atoms with van der Waals surface area (Å²) in [4.78, 5) is 0. The third-order valence-electron chi connectivity index (χ3n) is 5.54. The Morgan fingerprint density at radius 3 is 2.55 bits per heavy atom. The van der Waals surface area contributed by atoms with Gasteiger partial charge in [0.05, 0.1) is 22.7 Å². The highest BCUT2D eigenvalue weighted by atomic mass is 32.2. The quantitative estimate of drug-likeness (QED) is 0.848. The summed E-state index contributed by atoms with van der Waals surface area (Å²) in [6.45, 7) is 0.675. The zero-order valence-corrected chi connectivity index (χ0v) is 12.9. The van der Waals surface area contributed by atoms with Crippen LogP contribution in [0.4, 0.5) is 0 Å². The second-order valence-corrected chi connectivity index (χ2v) is 9.22. The van der Waals surface area contributed by atoms with Gasteiger partial charge in [-0.3, -0.25) is 0 Å². The third kappa shape index (κ3) is 2.77. The Kier molecular flexibility index (Phi) is 4.13. The van der Waals surface area contributed by atoms with E-state index in [9.17, 15) is 13.5 Å². The van der Waals surface area contributed by atoms with Crippen molar-refractivity contribution in [1.29, 1.82) is 0 Å². The van der Waals surface area contributed by atoms with Gasteiger partial charge in [-0.05, 0) is 44.4 Å². The Labute approximate surface area is 121 Å². The minimum Gasteiger partial charge on any atom is -0.391 e. The number of ether oxygens (including phenoxy) is 1. The number of sulfone groups is 1. The van der Waals surface area contributed by atoms with Crippen molar-refractivity contribution in [2.75, 3.05) is 12.4 Å². The van der Waals surface area contributed by atoms with E-state index in [1.807, 2.05) is 0 Å². The van der Waals surface area contributed by atoms with Crippen molar-refractivity contribution in [3.05, 3.63) is 0 Å². The fourth-order valence-electron chi connectivity index (χ4n) is 4.39. The first-order chi connectivity index (χ1) is 9.53. The van der Waals surface area contributed by atoms with E-state index < -0.39 is 21.2 Å². The largest absolute Gasteiger partial charge is 0.391 e. The predicted molar refractivity (Wildman–Crippen MR) is 77.3 cm³/mol. The summed E-state index contributed by atoms with van der Waals surface area (Å²) >= 11 is 0. The monoisotopic (exact) mass is 302 g/mol. The molecular formula is C15H26O4S. The number of rotatable bonds is 2. The van der Waals surface area contributed by atoms with Crippen LogP contribution in [0, 0.1) is 5.92 Å². The van der Waals surface area contributed by atoms with E-state index in [0.29, 0.717) is 13.0 Å². The van der Waals surface area contributed by atoms with Crippen LogP contribution in [0.25, 0.3) is 0 Å². The summed E-state index contributed by atoms with van der Waals surface area (Å²) in [5.74, 6) is 0.350. The Bertz CT molecular complexity index is 439. The first kappa shape index (κ1) is 14.8. The summed E-state index contributed by atoms with van der Waals surface area (Å²) < 4.78 is 30.4. The summed E-state index contributed by atoms with van der Waals surface area (Å²) in [5, 5.41) is 10.1. The zero-order valence-electron chi connectivity index (χ0n) is 12.1. The molecule has 1 aliphatic carbocycles. The molecule has 2 saturated heterocycles. The maximum atomic E-state index is 12.2. The minimum absolute atomic E-state index is 0.0532. The smallest absolute Gasteiger partial charge is 0.155 e. The van der Waals surface area contributed by atoms with Gasteiger partial charge in [0, 0.05) is 6.61 Å². The lowest BCUT2D eigenvalue weighted by molar-refractivity contribution is -0.113. The Morgan fingerprint density at radius 1 is 1.10 bits per heavy atom. The lowest BCUT2D eigenvalue weighted by atomic mass is 9.80. The van der Waals surface area contributed by atoms with E-state index >= 15 is 0 Å². The molecule has 1 N–H and O–H groups in total. The third-order valence-corrected chi connectivity index (χ3v) is 7.83. The van der Waals surface area contributed by atoms with Crippen LogP contribution in [0.15, 0.2) is 0 Å². The summed E-state index contributed by atoms with van der Waals surface area (Å²) in [6, 6.07) is 0. The van der Waals surface area contributed by atoms with Crippen LogP contribution in [0.1, 0.15) is 57.8 Å². The fourth-order valence-corrected chi connectivity index (χ4v) is 6.47. The van der Waals surface area contributed by atoms with Gasteiger partial charge in [-0.2, -0.15) is 0 Å². The van der Waals surface area contributed by atoms with Crippen molar-refractivity contribution in [1.82, 2.24) is 0 Å². The van der Waals surface area contributed by atoms with E-state index in [2.05, 4.69) is 0 Å². The maximum Gasteiger partial charge on any atom is 0.155 e. The van der Waals surface area contributed by atoms with Crippen molar-refractivity contribution in [3.63, 3.8) is 0 Å². The molecule has 2 aliphatic heterocycles. The molecule has 0 aromatic heterocycles. The molecule has 0 amide bonds. The SMILES string of the molecule is O=S1(=O)CCCCC1C(O)C1CCOC2(CCCC2)C1. The molecule has 3 atom stereocenters. The van der Waals surface area contributed by atoms with Gasteiger partial charge in [0.2, 0.25) is 0 Å². The fraction of sp³-hybridized carbons (Fsp3) is 1.00. The molecule has 1 saturated carbocycles. The topological polar surface area (TPSA) is 63.6 Å². The molecular weight excluding hydrogens is 276 g/mol. The molecule has 20 heavy (non-hydrogen) atoms. The highest BCUT2D eigenvalue weighted by Crippen LogP contribution is 2.44. The number of aliphatic hydroxyl groups excluding tert-OH is 1. The van der Waals surface area contributed by atoms with Crippen LogP contribution >= 0.6 is 0 Å². The van der Waals surface area contributed by atoms with E-state index in [-0.39, 0.29) is 17.3 Å². The summed E-state index contributed by atoms with van der Waals surface area (Å²) in [6.07, 6.45) is 7.82. The highest BCUT2D eigenvalue weighted by molar-refractivity contribution is 7.92. The van der Waals surface area contributed by atoms with Crippen molar-refractivity contribution < 1.29 is 18.3 Å². The van der Waals surface area contributed by atoms with Gasteiger partial charge < -0.3 is 9.84 Å². The van der Waals surface area contributed by atoms with Crippen LogP contribution in [0.2, 0.25) is 0 Å². The van der Waals surface area contributed by atoms with Crippen molar-refractivity contribution in [2.24, 2.45) is 5.92 Å². The number of aliphatic hydroxyl groups is 1. The first-order valence-electron chi connectivity index (χ1n) is 8.06. The molecule has 3 fully saturated rings. The zero-order chi connectivity index (χ0) is 14.2. The summed E-state index contributed by atoms with van der Waals surface area (Å²) in [7, 11) is -3.10. The Balaban J connectivity index is 1.71. The van der Waals surface area contributed by atoms with Gasteiger partial charge in [-0.15, -0.1) is 0 Å². The highest BCUT2D eigenvalue weighted by Gasteiger charge is 2.45. The van der Waals surface area contributed by atoms with Gasteiger partial charge in [0.1, 0.15) is 0 Å². The lowest BCUT2D eigenvalue weighted by Gasteiger charge is -2.42. The summed E-state index contributed by atoms with van der Waals surface area (Å²) in [5.41, 5.74) is -0.0532. The molecule has 3 rings (SSSR count). The van der Waals surface area contributed by atoms with Crippen molar-refractivity contribution in [2.45, 2.75) is 74.7 Å². The molecule has 5 heteroatoms. The van der Waals surface area contributed by atoms with Gasteiger partial charge in [0.15, 0.2) is 9.84 Å². The van der Waals surface area contributed by atoms with Crippen LogP contribution in [-0.4, -0.2) is 42.8 Å². The molecule has 0 aromatic carbocycles. The molecule has 0 bridgehead atoms. The molecule has 4 nitrogen and oxygen atoms in total.